The van der Waals surface area contributed by atoms with Gasteiger partial charge in [-0.1, -0.05) is 25.4 Å². The van der Waals surface area contributed by atoms with Crippen molar-refractivity contribution in [1.82, 2.24) is 9.21 Å². The molecule has 1 aliphatic heterocycles. The van der Waals surface area contributed by atoms with Crippen LogP contribution in [0.4, 0.5) is 0 Å². The third kappa shape index (κ3) is 3.76. The van der Waals surface area contributed by atoms with Crippen molar-refractivity contribution in [2.24, 2.45) is 0 Å². The van der Waals surface area contributed by atoms with Gasteiger partial charge in [0.1, 0.15) is 4.90 Å². The Labute approximate surface area is 149 Å². The number of hydrogen-bond donors (Lipinski definition) is 0. The van der Waals surface area contributed by atoms with Crippen molar-refractivity contribution in [2.45, 2.75) is 51.0 Å². The van der Waals surface area contributed by atoms with Crippen molar-refractivity contribution in [2.75, 3.05) is 19.6 Å². The molecule has 0 saturated carbocycles. The van der Waals surface area contributed by atoms with Crippen LogP contribution in [0.15, 0.2) is 23.1 Å². The van der Waals surface area contributed by atoms with Crippen molar-refractivity contribution < 1.29 is 13.2 Å². The maximum absolute atomic E-state index is 12.8. The highest BCUT2D eigenvalue weighted by Gasteiger charge is 2.28. The minimum atomic E-state index is -3.70. The molecule has 0 bridgehead atoms. The Kier molecular flexibility index (Phi) is 6.28. The maximum atomic E-state index is 12.8. The molecule has 0 spiro atoms. The summed E-state index contributed by atoms with van der Waals surface area (Å²) in [5.74, 6) is -0.130. The summed E-state index contributed by atoms with van der Waals surface area (Å²) < 4.78 is 26.8. The highest BCUT2D eigenvalue weighted by atomic mass is 35.5. The summed E-state index contributed by atoms with van der Waals surface area (Å²) in [6, 6.07) is 4.69. The highest BCUT2D eigenvalue weighted by Crippen LogP contribution is 2.27. The molecule has 2 rings (SSSR count). The van der Waals surface area contributed by atoms with Crippen molar-refractivity contribution in [1.29, 1.82) is 0 Å². The number of likely N-dealkylation sites (tertiary alicyclic amines) is 1. The molecule has 1 aliphatic rings. The average molecular weight is 373 g/mol. The molecular weight excluding hydrogens is 348 g/mol. The Hall–Kier alpha value is -1.11. The number of halogens is 1. The lowest BCUT2D eigenvalue weighted by Gasteiger charge is -2.33. The zero-order valence-electron chi connectivity index (χ0n) is 14.5. The second kappa shape index (κ2) is 7.85. The van der Waals surface area contributed by atoms with E-state index in [0.29, 0.717) is 25.2 Å². The fourth-order valence-electron chi connectivity index (χ4n) is 3.10. The van der Waals surface area contributed by atoms with Crippen molar-refractivity contribution in [3.63, 3.8) is 0 Å². The molecule has 1 atom stereocenters. The van der Waals surface area contributed by atoms with Gasteiger partial charge in [0.05, 0.1) is 5.02 Å². The predicted octanol–water partition coefficient (Wildman–Crippen LogP) is 3.39. The average Bonchev–Trinajstić information content (AvgIpc) is 2.56. The van der Waals surface area contributed by atoms with Crippen molar-refractivity contribution >= 4 is 27.5 Å². The minimum Gasteiger partial charge on any atom is -0.336 e. The molecule has 1 saturated heterocycles. The first kappa shape index (κ1) is 19.2. The van der Waals surface area contributed by atoms with E-state index in [1.54, 1.807) is 19.9 Å². The fraction of sp³-hybridized carbons (Fsp3) is 0.588. The molecule has 5 nitrogen and oxygen atoms in total. The smallest absolute Gasteiger partial charge is 0.254 e. The summed E-state index contributed by atoms with van der Waals surface area (Å²) >= 11 is 6.13. The lowest BCUT2D eigenvalue weighted by atomic mass is 10.0. The Morgan fingerprint density at radius 3 is 2.54 bits per heavy atom. The number of rotatable bonds is 5. The molecule has 0 unspecified atom stereocenters. The number of hydrogen-bond acceptors (Lipinski definition) is 3. The molecule has 1 aromatic rings. The number of piperidine rings is 1. The van der Waals surface area contributed by atoms with Gasteiger partial charge in [-0.3, -0.25) is 4.79 Å². The van der Waals surface area contributed by atoms with Gasteiger partial charge in [-0.05, 0) is 44.4 Å². The zero-order chi connectivity index (χ0) is 17.9. The molecule has 134 valence electrons. The van der Waals surface area contributed by atoms with Gasteiger partial charge in [-0.2, -0.15) is 4.31 Å². The van der Waals surface area contributed by atoms with Crippen LogP contribution in [-0.2, 0) is 10.0 Å². The molecule has 1 aromatic carbocycles. The van der Waals surface area contributed by atoms with E-state index < -0.39 is 10.0 Å². The number of benzene rings is 1. The lowest BCUT2D eigenvalue weighted by Crippen LogP contribution is -2.42. The molecule has 0 N–H and O–H groups in total. The number of sulfonamides is 1. The van der Waals surface area contributed by atoms with Crippen LogP contribution in [0.25, 0.3) is 0 Å². The van der Waals surface area contributed by atoms with Gasteiger partial charge in [0.15, 0.2) is 0 Å². The Morgan fingerprint density at radius 2 is 1.96 bits per heavy atom. The van der Waals surface area contributed by atoms with Crippen LogP contribution in [0.3, 0.4) is 0 Å². The summed E-state index contributed by atoms with van der Waals surface area (Å²) in [6.45, 7) is 7.01. The van der Waals surface area contributed by atoms with Crippen LogP contribution in [0.5, 0.6) is 0 Å². The van der Waals surface area contributed by atoms with Gasteiger partial charge < -0.3 is 4.90 Å². The van der Waals surface area contributed by atoms with E-state index in [4.69, 9.17) is 11.6 Å². The van der Waals surface area contributed by atoms with Crippen molar-refractivity contribution in [3.8, 4) is 0 Å². The topological polar surface area (TPSA) is 57.7 Å². The van der Waals surface area contributed by atoms with E-state index in [0.717, 1.165) is 19.3 Å². The summed E-state index contributed by atoms with van der Waals surface area (Å²) in [5, 5.41) is 0.144. The molecule has 24 heavy (non-hydrogen) atoms. The maximum Gasteiger partial charge on any atom is 0.254 e. The van der Waals surface area contributed by atoms with Crippen LogP contribution in [0.1, 0.15) is 50.4 Å². The van der Waals surface area contributed by atoms with E-state index >= 15 is 0 Å². The molecule has 0 aromatic heterocycles. The third-order valence-electron chi connectivity index (χ3n) is 4.57. The molecular formula is C17H25ClN2O3S. The van der Waals surface area contributed by atoms with Crippen LogP contribution < -0.4 is 0 Å². The number of carbonyl (C=O) groups excluding carboxylic acids is 1. The van der Waals surface area contributed by atoms with Gasteiger partial charge in [0.2, 0.25) is 10.0 Å². The number of nitrogens with zero attached hydrogens (tertiary/aromatic N) is 2. The Balaban J connectivity index is 2.40. The van der Waals surface area contributed by atoms with E-state index in [2.05, 4.69) is 0 Å². The van der Waals surface area contributed by atoms with Crippen LogP contribution in [-0.4, -0.2) is 49.2 Å². The first-order chi connectivity index (χ1) is 11.3. The normalized spacial score (nSPS) is 18.9. The van der Waals surface area contributed by atoms with Gasteiger partial charge in [-0.25, -0.2) is 8.42 Å². The van der Waals surface area contributed by atoms with Gasteiger partial charge >= 0.3 is 0 Å². The standard InChI is InChI=1S/C17H25ClN2O3S/c1-4-19(5-2)24(22,23)16-12-14(9-10-15(16)18)17(21)20-11-7-6-8-13(20)3/h9-10,12-13H,4-8,11H2,1-3H3/t13-/m0/s1. The summed E-state index contributed by atoms with van der Waals surface area (Å²) in [6.07, 6.45) is 3.07. The minimum absolute atomic E-state index is 0.00313. The summed E-state index contributed by atoms with van der Waals surface area (Å²) in [7, 11) is -3.70. The third-order valence-corrected chi connectivity index (χ3v) is 7.10. The van der Waals surface area contributed by atoms with Crippen LogP contribution >= 0.6 is 11.6 Å². The van der Waals surface area contributed by atoms with E-state index in [9.17, 15) is 13.2 Å². The quantitative estimate of drug-likeness (QED) is 0.796. The number of carbonyl (C=O) groups is 1. The summed E-state index contributed by atoms with van der Waals surface area (Å²) in [4.78, 5) is 14.6. The molecule has 7 heteroatoms. The van der Waals surface area contributed by atoms with E-state index in [1.165, 1.54) is 16.4 Å². The van der Waals surface area contributed by atoms with Crippen LogP contribution in [0.2, 0.25) is 5.02 Å². The van der Waals surface area contributed by atoms with Crippen LogP contribution in [0, 0.1) is 0 Å². The largest absolute Gasteiger partial charge is 0.336 e. The molecule has 0 radical (unpaired) electrons. The monoisotopic (exact) mass is 372 g/mol. The SMILES string of the molecule is CCN(CC)S(=O)(=O)c1cc(C(=O)N2CCCC[C@@H]2C)ccc1Cl. The summed E-state index contributed by atoms with van der Waals surface area (Å²) in [5.41, 5.74) is 0.374. The van der Waals surface area contributed by atoms with Gasteiger partial charge in [0, 0.05) is 31.2 Å². The molecule has 1 heterocycles. The fourth-order valence-corrected chi connectivity index (χ4v) is 5.06. The number of amides is 1. The zero-order valence-corrected chi connectivity index (χ0v) is 16.0. The molecule has 1 fully saturated rings. The first-order valence-corrected chi connectivity index (χ1v) is 10.2. The second-order valence-corrected chi connectivity index (χ2v) is 8.39. The molecule has 1 amide bonds. The second-order valence-electron chi connectivity index (χ2n) is 6.08. The highest BCUT2D eigenvalue weighted by molar-refractivity contribution is 7.89. The molecule has 0 aliphatic carbocycles. The van der Waals surface area contributed by atoms with Gasteiger partial charge in [-0.15, -0.1) is 0 Å². The Bertz CT molecular complexity index is 702. The predicted molar refractivity (Wildman–Crippen MR) is 95.9 cm³/mol. The first-order valence-electron chi connectivity index (χ1n) is 8.43. The van der Waals surface area contributed by atoms with E-state index in [1.807, 2.05) is 11.8 Å². The van der Waals surface area contributed by atoms with E-state index in [-0.39, 0.29) is 21.9 Å². The van der Waals surface area contributed by atoms with Gasteiger partial charge in [0.25, 0.3) is 5.91 Å². The Morgan fingerprint density at radius 1 is 1.29 bits per heavy atom. The van der Waals surface area contributed by atoms with Crippen molar-refractivity contribution in [3.05, 3.63) is 28.8 Å². The lowest BCUT2D eigenvalue weighted by molar-refractivity contribution is 0.0635.